The summed E-state index contributed by atoms with van der Waals surface area (Å²) in [5.74, 6) is -1.54. The summed E-state index contributed by atoms with van der Waals surface area (Å²) in [6.45, 7) is 0.281. The molecule has 7 heteroatoms. The van der Waals surface area contributed by atoms with Gasteiger partial charge < -0.3 is 15.2 Å². The third-order valence-electron chi connectivity index (χ3n) is 6.47. The molecule has 2 aliphatic rings. The van der Waals surface area contributed by atoms with Gasteiger partial charge in [-0.05, 0) is 33.9 Å². The number of fused-ring (bicyclic) bond motifs is 4. The Morgan fingerprint density at radius 3 is 2.26 bits per heavy atom. The lowest BCUT2D eigenvalue weighted by Gasteiger charge is -2.21. The largest absolute Gasteiger partial charge is 0.480 e. The van der Waals surface area contributed by atoms with Gasteiger partial charge in [-0.1, -0.05) is 72.8 Å². The molecule has 0 unspecified atom stereocenters. The van der Waals surface area contributed by atoms with E-state index in [4.69, 9.17) is 4.74 Å². The number of amides is 2. The van der Waals surface area contributed by atoms with Crippen molar-refractivity contribution >= 4 is 23.7 Å². The summed E-state index contributed by atoms with van der Waals surface area (Å²) in [6.07, 6.45) is 2.45. The molecule has 5 rings (SSSR count). The zero-order valence-electron chi connectivity index (χ0n) is 18.9. The van der Waals surface area contributed by atoms with Crippen LogP contribution in [0.3, 0.4) is 0 Å². The second-order valence-corrected chi connectivity index (χ2v) is 8.50. The fraction of sp³-hybridized carbons (Fsp3) is 0.179. The van der Waals surface area contributed by atoms with Crippen LogP contribution in [0.5, 0.6) is 0 Å². The van der Waals surface area contributed by atoms with Crippen molar-refractivity contribution in [2.75, 3.05) is 18.1 Å². The molecule has 0 saturated carbocycles. The van der Waals surface area contributed by atoms with Crippen LogP contribution in [0.1, 0.15) is 22.6 Å². The van der Waals surface area contributed by atoms with Crippen LogP contribution in [0.15, 0.2) is 84.9 Å². The topological polar surface area (TPSA) is 95.9 Å². The number of ether oxygens (including phenoxy) is 1. The summed E-state index contributed by atoms with van der Waals surface area (Å²) < 4.78 is 5.48. The number of carboxylic acids is 1. The van der Waals surface area contributed by atoms with Crippen LogP contribution in [-0.4, -0.2) is 42.3 Å². The van der Waals surface area contributed by atoms with Crippen LogP contribution in [0, 0.1) is 0 Å². The Morgan fingerprint density at radius 2 is 1.57 bits per heavy atom. The number of carbonyl (C=O) groups is 3. The van der Waals surface area contributed by atoms with Gasteiger partial charge in [-0.3, -0.25) is 9.69 Å². The third-order valence-corrected chi connectivity index (χ3v) is 6.47. The highest BCUT2D eigenvalue weighted by molar-refractivity contribution is 6.07. The van der Waals surface area contributed by atoms with E-state index in [2.05, 4.69) is 29.6 Å². The Morgan fingerprint density at radius 1 is 0.943 bits per heavy atom. The molecule has 1 heterocycles. The molecule has 2 N–H and O–H groups in total. The minimum atomic E-state index is -1.06. The number of para-hydroxylation sites is 1. The molecule has 0 aromatic heterocycles. The Hall–Kier alpha value is -4.39. The maximum atomic E-state index is 12.7. The molecule has 3 aromatic rings. The molecule has 0 saturated heterocycles. The van der Waals surface area contributed by atoms with Gasteiger partial charge in [0.1, 0.15) is 12.6 Å². The maximum Gasteiger partial charge on any atom is 0.407 e. The van der Waals surface area contributed by atoms with Gasteiger partial charge in [0.2, 0.25) is 0 Å². The number of rotatable bonds is 6. The summed E-state index contributed by atoms with van der Waals surface area (Å²) in [6, 6.07) is 22.4. The maximum absolute atomic E-state index is 12.7. The Balaban J connectivity index is 1.17. The van der Waals surface area contributed by atoms with E-state index in [0.717, 1.165) is 27.8 Å². The number of carboxylic acid groups (broad SMARTS) is 1. The second-order valence-electron chi connectivity index (χ2n) is 8.50. The molecule has 1 atom stereocenters. The van der Waals surface area contributed by atoms with E-state index < -0.39 is 24.0 Å². The highest BCUT2D eigenvalue weighted by Gasteiger charge is 2.37. The molecular weight excluding hydrogens is 444 g/mol. The van der Waals surface area contributed by atoms with E-state index in [9.17, 15) is 19.5 Å². The summed E-state index contributed by atoms with van der Waals surface area (Å²) in [4.78, 5) is 37.9. The van der Waals surface area contributed by atoms with Crippen molar-refractivity contribution in [3.63, 3.8) is 0 Å². The van der Waals surface area contributed by atoms with Crippen molar-refractivity contribution in [3.05, 3.63) is 102 Å². The summed E-state index contributed by atoms with van der Waals surface area (Å²) in [5.41, 5.74) is 5.98. The van der Waals surface area contributed by atoms with Gasteiger partial charge in [-0.25, -0.2) is 9.59 Å². The predicted molar refractivity (Wildman–Crippen MR) is 131 cm³/mol. The van der Waals surface area contributed by atoms with Crippen molar-refractivity contribution in [2.24, 2.45) is 0 Å². The lowest BCUT2D eigenvalue weighted by atomic mass is 9.98. The van der Waals surface area contributed by atoms with Gasteiger partial charge in [0, 0.05) is 30.6 Å². The van der Waals surface area contributed by atoms with Crippen LogP contribution in [-0.2, 0) is 20.7 Å². The van der Waals surface area contributed by atoms with Gasteiger partial charge in [0.25, 0.3) is 5.91 Å². The second kappa shape index (κ2) is 9.46. The minimum absolute atomic E-state index is 0.0338. The average Bonchev–Trinajstić information content (AvgIpc) is 3.42. The van der Waals surface area contributed by atoms with E-state index in [-0.39, 0.29) is 25.5 Å². The average molecular weight is 469 g/mol. The highest BCUT2D eigenvalue weighted by Crippen LogP contribution is 2.44. The zero-order chi connectivity index (χ0) is 24.4. The van der Waals surface area contributed by atoms with Crippen LogP contribution in [0.4, 0.5) is 10.5 Å². The Kier molecular flexibility index (Phi) is 6.06. The van der Waals surface area contributed by atoms with Crippen LogP contribution >= 0.6 is 0 Å². The summed E-state index contributed by atoms with van der Waals surface area (Å²) in [5, 5.41) is 12.1. The Labute approximate surface area is 202 Å². The standard InChI is InChI=1S/C28H24N2O5/c31-26(30-24-13-6-1-8-18(24)16-25(30)27(32)33)14-7-15-29-28(34)35-17-23-21-11-4-2-9-19(21)20-10-3-5-12-22(20)23/h1-14,23,25H,15-17H2,(H,29,34)(H,32,33)/b14-7+/t25-/m0/s1. The smallest absolute Gasteiger partial charge is 0.407 e. The highest BCUT2D eigenvalue weighted by atomic mass is 16.5. The van der Waals surface area contributed by atoms with Crippen molar-refractivity contribution in [2.45, 2.75) is 18.4 Å². The molecule has 1 aliphatic heterocycles. The first-order valence-corrected chi connectivity index (χ1v) is 11.4. The summed E-state index contributed by atoms with van der Waals surface area (Å²) in [7, 11) is 0. The van der Waals surface area contributed by atoms with E-state index in [1.807, 2.05) is 36.4 Å². The fourth-order valence-electron chi connectivity index (χ4n) is 4.89. The predicted octanol–water partition coefficient (Wildman–Crippen LogP) is 4.12. The number of aliphatic carboxylic acids is 1. The summed E-state index contributed by atoms with van der Waals surface area (Å²) >= 11 is 0. The first-order valence-electron chi connectivity index (χ1n) is 11.4. The number of hydrogen-bond acceptors (Lipinski definition) is 4. The van der Waals surface area contributed by atoms with E-state index in [1.54, 1.807) is 12.1 Å². The lowest BCUT2D eigenvalue weighted by Crippen LogP contribution is -2.42. The molecule has 0 bridgehead atoms. The molecule has 7 nitrogen and oxygen atoms in total. The van der Waals surface area contributed by atoms with E-state index in [0.29, 0.717) is 5.69 Å². The third kappa shape index (κ3) is 4.28. The van der Waals surface area contributed by atoms with E-state index >= 15 is 0 Å². The van der Waals surface area contributed by atoms with Gasteiger partial charge in [0.05, 0.1) is 0 Å². The van der Waals surface area contributed by atoms with Crippen molar-refractivity contribution in [1.82, 2.24) is 5.32 Å². The molecule has 0 spiro atoms. The van der Waals surface area contributed by atoms with Crippen LogP contribution in [0.25, 0.3) is 11.1 Å². The number of nitrogens with zero attached hydrogens (tertiary/aromatic N) is 1. The Bertz CT molecular complexity index is 1290. The SMILES string of the molecule is O=C(NC/C=C/C(=O)N1c2ccccc2C[C@H]1C(=O)O)OCC1c2ccccc2-c2ccccc21. The van der Waals surface area contributed by atoms with Crippen molar-refractivity contribution in [3.8, 4) is 11.1 Å². The van der Waals surface area contributed by atoms with Crippen molar-refractivity contribution < 1.29 is 24.2 Å². The van der Waals surface area contributed by atoms with Crippen molar-refractivity contribution in [1.29, 1.82) is 0 Å². The molecule has 176 valence electrons. The van der Waals surface area contributed by atoms with Gasteiger partial charge in [-0.2, -0.15) is 0 Å². The molecular formula is C28H24N2O5. The van der Waals surface area contributed by atoms with Gasteiger partial charge >= 0.3 is 12.1 Å². The van der Waals surface area contributed by atoms with Gasteiger partial charge in [0.15, 0.2) is 0 Å². The monoisotopic (exact) mass is 468 g/mol. The number of alkyl carbamates (subject to hydrolysis) is 1. The normalized spacial score (nSPS) is 16.0. The van der Waals surface area contributed by atoms with Crippen LogP contribution in [0.2, 0.25) is 0 Å². The number of hydrogen-bond donors (Lipinski definition) is 2. The lowest BCUT2D eigenvalue weighted by molar-refractivity contribution is -0.139. The quantitative estimate of drug-likeness (QED) is 0.531. The molecule has 1 aliphatic carbocycles. The first-order chi connectivity index (χ1) is 17.0. The molecule has 0 radical (unpaired) electrons. The van der Waals surface area contributed by atoms with E-state index in [1.165, 1.54) is 17.1 Å². The van der Waals surface area contributed by atoms with Crippen LogP contribution < -0.4 is 10.2 Å². The number of benzene rings is 3. The van der Waals surface area contributed by atoms with Gasteiger partial charge in [-0.15, -0.1) is 0 Å². The number of anilines is 1. The first kappa shape index (κ1) is 22.4. The minimum Gasteiger partial charge on any atom is -0.480 e. The molecule has 0 fully saturated rings. The fourth-order valence-corrected chi connectivity index (χ4v) is 4.89. The molecule has 2 amide bonds. The number of nitrogens with one attached hydrogen (secondary N) is 1. The molecule has 3 aromatic carbocycles. The zero-order valence-corrected chi connectivity index (χ0v) is 18.9. The molecule has 35 heavy (non-hydrogen) atoms. The number of carbonyl (C=O) groups excluding carboxylic acids is 2.